The van der Waals surface area contributed by atoms with Crippen LogP contribution in [0.5, 0.6) is 5.75 Å². The Labute approximate surface area is 101 Å². The summed E-state index contributed by atoms with van der Waals surface area (Å²) in [7, 11) is 0. The molecule has 4 N–H and O–H groups in total. The minimum Gasteiger partial charge on any atom is -0.506 e. The molecule has 2 rings (SSSR count). The number of carbonyl (C=O) groups excluding carboxylic acids is 1. The van der Waals surface area contributed by atoms with E-state index >= 15 is 0 Å². The first-order chi connectivity index (χ1) is 8.22. The van der Waals surface area contributed by atoms with Crippen molar-refractivity contribution in [2.75, 3.05) is 5.32 Å². The molecule has 7 heteroatoms. The summed E-state index contributed by atoms with van der Waals surface area (Å²) in [5, 5.41) is 11.6. The number of alkyl halides is 3. The molecule has 18 heavy (non-hydrogen) atoms. The first-order valence-electron chi connectivity index (χ1n) is 5.23. The molecule has 4 nitrogen and oxygen atoms in total. The van der Waals surface area contributed by atoms with Gasteiger partial charge < -0.3 is 16.2 Å². The Bertz CT molecular complexity index is 496. The summed E-state index contributed by atoms with van der Waals surface area (Å²) in [6.07, 6.45) is -3.57. The number of hydrogen-bond acceptors (Lipinski definition) is 3. The lowest BCUT2D eigenvalue weighted by Crippen LogP contribution is -2.37. The summed E-state index contributed by atoms with van der Waals surface area (Å²) in [6, 6.07) is 2.30. The van der Waals surface area contributed by atoms with E-state index in [4.69, 9.17) is 5.73 Å². The van der Waals surface area contributed by atoms with Crippen molar-refractivity contribution in [3.8, 4) is 5.75 Å². The van der Waals surface area contributed by atoms with Crippen molar-refractivity contribution in [2.24, 2.45) is 5.73 Å². The average molecular weight is 260 g/mol. The summed E-state index contributed by atoms with van der Waals surface area (Å²) in [5.41, 5.74) is 3.35. The summed E-state index contributed by atoms with van der Waals surface area (Å²) >= 11 is 0. The van der Waals surface area contributed by atoms with Crippen molar-refractivity contribution in [1.82, 2.24) is 0 Å². The second kappa shape index (κ2) is 3.88. The zero-order valence-corrected chi connectivity index (χ0v) is 9.21. The van der Waals surface area contributed by atoms with Gasteiger partial charge in [0, 0.05) is 0 Å². The van der Waals surface area contributed by atoms with Crippen LogP contribution in [-0.4, -0.2) is 16.6 Å². The van der Waals surface area contributed by atoms with Crippen molar-refractivity contribution in [2.45, 2.75) is 24.6 Å². The van der Waals surface area contributed by atoms with Gasteiger partial charge in [0.15, 0.2) is 0 Å². The Kier molecular flexibility index (Phi) is 2.73. The highest BCUT2D eigenvalue weighted by Crippen LogP contribution is 2.37. The number of carbonyl (C=O) groups is 1. The molecule has 0 bridgehead atoms. The van der Waals surface area contributed by atoms with Crippen LogP contribution in [0.4, 0.5) is 18.9 Å². The predicted octanol–water partition coefficient (Wildman–Crippen LogP) is 1.84. The zero-order chi connectivity index (χ0) is 13.6. The van der Waals surface area contributed by atoms with Gasteiger partial charge in [-0.15, -0.1) is 0 Å². The molecule has 1 aromatic rings. The van der Waals surface area contributed by atoms with E-state index in [1.807, 2.05) is 0 Å². The highest BCUT2D eigenvalue weighted by atomic mass is 19.4. The van der Waals surface area contributed by atoms with E-state index < -0.39 is 28.9 Å². The lowest BCUT2D eigenvalue weighted by molar-refractivity contribution is -0.137. The maximum atomic E-state index is 12.5. The number of hydrogen-bond donors (Lipinski definition) is 3. The highest BCUT2D eigenvalue weighted by Gasteiger charge is 2.46. The van der Waals surface area contributed by atoms with Crippen molar-refractivity contribution in [1.29, 1.82) is 0 Å². The molecule has 0 aromatic heterocycles. The maximum absolute atomic E-state index is 12.5. The Morgan fingerprint density at radius 1 is 1.39 bits per heavy atom. The molecule has 0 atom stereocenters. The maximum Gasteiger partial charge on any atom is 0.416 e. The molecule has 0 radical (unpaired) electrons. The molecular weight excluding hydrogens is 249 g/mol. The predicted molar refractivity (Wildman–Crippen MR) is 57.9 cm³/mol. The lowest BCUT2D eigenvalue weighted by atomic mass is 10.1. The van der Waals surface area contributed by atoms with E-state index in [9.17, 15) is 23.1 Å². The van der Waals surface area contributed by atoms with Crippen molar-refractivity contribution < 1.29 is 23.1 Å². The summed E-state index contributed by atoms with van der Waals surface area (Å²) in [4.78, 5) is 11.6. The van der Waals surface area contributed by atoms with Gasteiger partial charge in [0.1, 0.15) is 5.75 Å². The molecule has 1 saturated carbocycles. The van der Waals surface area contributed by atoms with E-state index in [1.165, 1.54) is 0 Å². The molecule has 0 spiro atoms. The molecule has 1 fully saturated rings. The van der Waals surface area contributed by atoms with Gasteiger partial charge in [-0.05, 0) is 31.0 Å². The molecular formula is C11H11F3N2O2. The van der Waals surface area contributed by atoms with Gasteiger partial charge in [-0.25, -0.2) is 0 Å². The van der Waals surface area contributed by atoms with Crippen LogP contribution in [0.3, 0.4) is 0 Å². The number of amides is 1. The molecule has 0 saturated heterocycles. The second-order valence-corrected chi connectivity index (χ2v) is 4.34. The van der Waals surface area contributed by atoms with Crippen molar-refractivity contribution in [3.63, 3.8) is 0 Å². The Balaban J connectivity index is 2.24. The first kappa shape index (κ1) is 12.7. The number of halogens is 3. The fraction of sp³-hybridized carbons (Fsp3) is 0.364. The quantitative estimate of drug-likeness (QED) is 0.710. The highest BCUT2D eigenvalue weighted by molar-refractivity contribution is 6.01. The van der Waals surface area contributed by atoms with Gasteiger partial charge in [0.25, 0.3) is 0 Å². The molecule has 0 heterocycles. The standard InChI is InChI=1S/C11H11F3N2O2/c12-11(13,14)6-1-2-8(17)7(5-6)16-9(18)10(15)3-4-10/h1-2,5,17H,3-4,15H2,(H,16,18). The molecule has 98 valence electrons. The van der Waals surface area contributed by atoms with Crippen molar-refractivity contribution >= 4 is 11.6 Å². The minimum atomic E-state index is -4.53. The topological polar surface area (TPSA) is 75.4 Å². The van der Waals surface area contributed by atoms with Gasteiger partial charge in [-0.3, -0.25) is 4.79 Å². The van der Waals surface area contributed by atoms with Gasteiger partial charge in [-0.1, -0.05) is 0 Å². The number of benzene rings is 1. The lowest BCUT2D eigenvalue weighted by Gasteiger charge is -2.13. The van der Waals surface area contributed by atoms with Gasteiger partial charge in [0.2, 0.25) is 5.91 Å². The number of anilines is 1. The van der Waals surface area contributed by atoms with Gasteiger partial charge >= 0.3 is 6.18 Å². The van der Waals surface area contributed by atoms with E-state index in [2.05, 4.69) is 5.32 Å². The Morgan fingerprint density at radius 2 is 2.00 bits per heavy atom. The summed E-state index contributed by atoms with van der Waals surface area (Å²) in [6.45, 7) is 0. The normalized spacial score (nSPS) is 17.3. The van der Waals surface area contributed by atoms with Crippen LogP contribution in [0.25, 0.3) is 0 Å². The van der Waals surface area contributed by atoms with Gasteiger partial charge in [-0.2, -0.15) is 13.2 Å². The van der Waals surface area contributed by atoms with E-state index in [-0.39, 0.29) is 5.69 Å². The SMILES string of the molecule is NC1(C(=O)Nc2cc(C(F)(F)F)ccc2O)CC1. The van der Waals surface area contributed by atoms with Crippen LogP contribution in [0.15, 0.2) is 18.2 Å². The third-order valence-electron chi connectivity index (χ3n) is 2.81. The Hall–Kier alpha value is -1.76. The fourth-order valence-corrected chi connectivity index (χ4v) is 1.42. The zero-order valence-electron chi connectivity index (χ0n) is 9.21. The molecule has 1 amide bonds. The fourth-order valence-electron chi connectivity index (χ4n) is 1.42. The number of phenolic OH excluding ortho intramolecular Hbond substituents is 1. The third kappa shape index (κ3) is 2.40. The molecule has 1 aliphatic rings. The monoisotopic (exact) mass is 260 g/mol. The minimum absolute atomic E-state index is 0.286. The molecule has 1 aliphatic carbocycles. The van der Waals surface area contributed by atoms with E-state index in [0.717, 1.165) is 12.1 Å². The second-order valence-electron chi connectivity index (χ2n) is 4.34. The van der Waals surface area contributed by atoms with Crippen LogP contribution < -0.4 is 11.1 Å². The van der Waals surface area contributed by atoms with E-state index in [1.54, 1.807) is 0 Å². The van der Waals surface area contributed by atoms with Crippen LogP contribution in [0.1, 0.15) is 18.4 Å². The number of phenols is 1. The van der Waals surface area contributed by atoms with Crippen LogP contribution >= 0.6 is 0 Å². The van der Waals surface area contributed by atoms with Gasteiger partial charge in [0.05, 0.1) is 16.8 Å². The number of nitrogens with two attached hydrogens (primary N) is 1. The average Bonchev–Trinajstić information content (AvgIpc) is 2.99. The number of nitrogens with one attached hydrogen (secondary N) is 1. The Morgan fingerprint density at radius 3 is 2.50 bits per heavy atom. The summed E-state index contributed by atoms with van der Waals surface area (Å²) < 4.78 is 37.4. The van der Waals surface area contributed by atoms with Crippen LogP contribution in [-0.2, 0) is 11.0 Å². The molecule has 1 aromatic carbocycles. The van der Waals surface area contributed by atoms with Crippen LogP contribution in [0, 0.1) is 0 Å². The van der Waals surface area contributed by atoms with Crippen LogP contribution in [0.2, 0.25) is 0 Å². The summed E-state index contributed by atoms with van der Waals surface area (Å²) in [5.74, 6) is -1.02. The third-order valence-corrected chi connectivity index (χ3v) is 2.81. The largest absolute Gasteiger partial charge is 0.506 e. The number of rotatable bonds is 2. The smallest absolute Gasteiger partial charge is 0.416 e. The molecule has 0 aliphatic heterocycles. The first-order valence-corrected chi connectivity index (χ1v) is 5.23. The number of aromatic hydroxyl groups is 1. The molecule has 0 unspecified atom stereocenters. The van der Waals surface area contributed by atoms with E-state index in [0.29, 0.717) is 18.9 Å². The van der Waals surface area contributed by atoms with Crippen molar-refractivity contribution in [3.05, 3.63) is 23.8 Å².